The van der Waals surface area contributed by atoms with Gasteiger partial charge in [0.05, 0.1) is 24.8 Å². The van der Waals surface area contributed by atoms with Crippen molar-refractivity contribution in [1.29, 1.82) is 0 Å². The Morgan fingerprint density at radius 2 is 1.94 bits per heavy atom. The van der Waals surface area contributed by atoms with Crippen molar-refractivity contribution < 1.29 is 19.1 Å². The van der Waals surface area contributed by atoms with Gasteiger partial charge in [-0.1, -0.05) is 41.1 Å². The van der Waals surface area contributed by atoms with Gasteiger partial charge in [0, 0.05) is 17.4 Å². The predicted molar refractivity (Wildman–Crippen MR) is 119 cm³/mol. The number of nitrogens with zero attached hydrogens (tertiary/aromatic N) is 2. The zero-order chi connectivity index (χ0) is 22.1. The highest BCUT2D eigenvalue weighted by molar-refractivity contribution is 7.10. The molecule has 2 heterocycles. The lowest BCUT2D eigenvalue weighted by Gasteiger charge is -2.32. The molecule has 31 heavy (non-hydrogen) atoms. The van der Waals surface area contributed by atoms with Gasteiger partial charge in [-0.3, -0.25) is 23.9 Å². The van der Waals surface area contributed by atoms with Gasteiger partial charge in [-0.05, 0) is 35.9 Å². The van der Waals surface area contributed by atoms with Crippen molar-refractivity contribution in [2.45, 2.75) is 18.9 Å². The molecule has 1 aliphatic heterocycles. The van der Waals surface area contributed by atoms with Crippen molar-refractivity contribution in [2.75, 3.05) is 19.1 Å². The summed E-state index contributed by atoms with van der Waals surface area (Å²) >= 11 is 7.18. The van der Waals surface area contributed by atoms with Crippen LogP contribution >= 0.6 is 22.9 Å². The number of methoxy groups -OCH3 is 2. The third-order valence-electron chi connectivity index (χ3n) is 5.13. The molecular formula is C22H19ClN2O5S. The van der Waals surface area contributed by atoms with Crippen LogP contribution in [0.3, 0.4) is 0 Å². The molecule has 0 N–H and O–H groups in total. The van der Waals surface area contributed by atoms with E-state index in [0.717, 1.165) is 16.9 Å². The molecule has 0 radical (unpaired) electrons. The van der Waals surface area contributed by atoms with Gasteiger partial charge in [-0.25, -0.2) is 0 Å². The van der Waals surface area contributed by atoms with Crippen molar-refractivity contribution in [2.24, 2.45) is 0 Å². The summed E-state index contributed by atoms with van der Waals surface area (Å²) in [6, 6.07) is 14.2. The van der Waals surface area contributed by atoms with Crippen LogP contribution < -0.4 is 14.5 Å². The van der Waals surface area contributed by atoms with Crippen LogP contribution in [0.5, 0.6) is 5.75 Å². The van der Waals surface area contributed by atoms with Gasteiger partial charge in [0.15, 0.2) is 0 Å². The van der Waals surface area contributed by atoms with E-state index in [1.807, 2.05) is 24.3 Å². The number of amides is 1. The maximum Gasteiger partial charge on any atom is 0.325 e. The minimum absolute atomic E-state index is 0.158. The van der Waals surface area contributed by atoms with Crippen LogP contribution in [0.2, 0.25) is 5.02 Å². The smallest absolute Gasteiger partial charge is 0.325 e. The molecule has 1 aromatic heterocycles. The van der Waals surface area contributed by atoms with Crippen LogP contribution in [0.15, 0.2) is 53.3 Å². The highest BCUT2D eigenvalue weighted by Gasteiger charge is 2.38. The maximum absolute atomic E-state index is 13.3. The number of thiazole rings is 1. The van der Waals surface area contributed by atoms with E-state index in [1.54, 1.807) is 31.4 Å². The van der Waals surface area contributed by atoms with E-state index in [2.05, 4.69) is 0 Å². The van der Waals surface area contributed by atoms with E-state index in [0.29, 0.717) is 27.2 Å². The maximum atomic E-state index is 13.3. The first kappa shape index (κ1) is 21.1. The summed E-state index contributed by atoms with van der Waals surface area (Å²) < 4.78 is 11.4. The van der Waals surface area contributed by atoms with Gasteiger partial charge in [-0.15, -0.1) is 0 Å². The number of benzene rings is 2. The highest BCUT2D eigenvalue weighted by Crippen LogP contribution is 2.45. The molecule has 1 atom stereocenters. The fourth-order valence-corrected chi connectivity index (χ4v) is 4.98. The number of rotatable bonds is 5. The van der Waals surface area contributed by atoms with Gasteiger partial charge >= 0.3 is 10.8 Å². The van der Waals surface area contributed by atoms with Crippen molar-refractivity contribution in [3.05, 3.63) is 73.7 Å². The van der Waals surface area contributed by atoms with Crippen molar-refractivity contribution in [3.8, 4) is 5.75 Å². The van der Waals surface area contributed by atoms with Crippen molar-refractivity contribution in [1.82, 2.24) is 4.57 Å². The SMILES string of the molecule is COC(=O)Cn1c2c(sc1=O)C(c1cccc(OC)c1)CC(=O)N2c1cccc(Cl)c1. The lowest BCUT2D eigenvalue weighted by molar-refractivity contribution is -0.141. The second-order valence-electron chi connectivity index (χ2n) is 6.96. The number of ether oxygens (including phenoxy) is 2. The molecule has 2 aromatic carbocycles. The normalized spacial score (nSPS) is 15.5. The molecule has 0 saturated heterocycles. The molecule has 0 aliphatic carbocycles. The number of halogens is 1. The van der Waals surface area contributed by atoms with Crippen LogP contribution in [-0.2, 0) is 20.9 Å². The van der Waals surface area contributed by atoms with Crippen molar-refractivity contribution >= 4 is 46.3 Å². The Morgan fingerprint density at radius 1 is 1.16 bits per heavy atom. The Hall–Kier alpha value is -3.10. The molecule has 0 saturated carbocycles. The van der Waals surface area contributed by atoms with E-state index in [1.165, 1.54) is 16.6 Å². The lowest BCUT2D eigenvalue weighted by atomic mass is 9.90. The molecule has 1 unspecified atom stereocenters. The summed E-state index contributed by atoms with van der Waals surface area (Å²) in [5.74, 6) is -0.106. The average Bonchev–Trinajstić information content (AvgIpc) is 3.08. The molecule has 0 spiro atoms. The number of anilines is 2. The van der Waals surface area contributed by atoms with Crippen LogP contribution in [0, 0.1) is 0 Å². The third-order valence-corrected chi connectivity index (χ3v) is 6.44. The number of fused-ring (bicyclic) bond motifs is 1. The summed E-state index contributed by atoms with van der Waals surface area (Å²) in [4.78, 5) is 40.1. The number of hydrogen-bond acceptors (Lipinski definition) is 6. The minimum atomic E-state index is -0.579. The second kappa shape index (κ2) is 8.56. The summed E-state index contributed by atoms with van der Waals surface area (Å²) in [6.45, 7) is -0.295. The third kappa shape index (κ3) is 3.96. The van der Waals surface area contributed by atoms with Gasteiger partial charge in [0.1, 0.15) is 18.1 Å². The van der Waals surface area contributed by atoms with E-state index in [4.69, 9.17) is 21.1 Å². The molecule has 9 heteroatoms. The zero-order valence-corrected chi connectivity index (χ0v) is 18.4. The van der Waals surface area contributed by atoms with E-state index < -0.39 is 5.97 Å². The second-order valence-corrected chi connectivity index (χ2v) is 8.39. The minimum Gasteiger partial charge on any atom is -0.497 e. The summed E-state index contributed by atoms with van der Waals surface area (Å²) in [5.41, 5.74) is 1.38. The Kier molecular flexibility index (Phi) is 5.84. The molecule has 1 aliphatic rings. The van der Waals surface area contributed by atoms with Crippen molar-refractivity contribution in [3.63, 3.8) is 0 Å². The fraction of sp³-hybridized carbons (Fsp3) is 0.227. The Bertz CT molecular complexity index is 1220. The Morgan fingerprint density at radius 3 is 2.65 bits per heavy atom. The molecule has 160 valence electrons. The van der Waals surface area contributed by atoms with Crippen LogP contribution in [0.25, 0.3) is 0 Å². The largest absolute Gasteiger partial charge is 0.497 e. The molecule has 0 fully saturated rings. The predicted octanol–water partition coefficient (Wildman–Crippen LogP) is 3.95. The summed E-state index contributed by atoms with van der Waals surface area (Å²) in [5, 5.41) is 0.457. The quantitative estimate of drug-likeness (QED) is 0.541. The first-order chi connectivity index (χ1) is 14.9. The molecular weight excluding hydrogens is 440 g/mol. The van der Waals surface area contributed by atoms with Crippen LogP contribution in [0.1, 0.15) is 22.8 Å². The molecule has 7 nitrogen and oxygen atoms in total. The molecule has 1 amide bonds. The Balaban J connectivity index is 1.92. The number of carbonyl (C=O) groups excluding carboxylic acids is 2. The first-order valence-corrected chi connectivity index (χ1v) is 10.6. The molecule has 4 rings (SSSR count). The standard InChI is InChI=1S/C22H19ClN2O5S/c1-29-16-8-3-5-13(9-16)17-11-18(26)25(15-7-4-6-14(23)10-15)21-20(17)31-22(28)24(21)12-19(27)30-2/h3-10,17H,11-12H2,1-2H3. The number of esters is 1. The van der Waals surface area contributed by atoms with Crippen LogP contribution in [-0.4, -0.2) is 30.7 Å². The monoisotopic (exact) mass is 458 g/mol. The molecule has 3 aromatic rings. The lowest BCUT2D eigenvalue weighted by Crippen LogP contribution is -2.36. The fourth-order valence-electron chi connectivity index (χ4n) is 3.69. The average molecular weight is 459 g/mol. The topological polar surface area (TPSA) is 77.8 Å². The summed E-state index contributed by atoms with van der Waals surface area (Å²) in [7, 11) is 2.83. The van der Waals surface area contributed by atoms with Gasteiger partial charge in [-0.2, -0.15) is 0 Å². The van der Waals surface area contributed by atoms with Gasteiger partial charge in [0.2, 0.25) is 5.91 Å². The number of aromatic nitrogens is 1. The summed E-state index contributed by atoms with van der Waals surface area (Å²) in [6.07, 6.45) is 0.158. The molecule has 0 bridgehead atoms. The van der Waals surface area contributed by atoms with Gasteiger partial charge in [0.25, 0.3) is 0 Å². The van der Waals surface area contributed by atoms with E-state index in [9.17, 15) is 14.4 Å². The van der Waals surface area contributed by atoms with Crippen LogP contribution in [0.4, 0.5) is 11.5 Å². The van der Waals surface area contributed by atoms with Gasteiger partial charge < -0.3 is 9.47 Å². The highest BCUT2D eigenvalue weighted by atomic mass is 35.5. The first-order valence-electron chi connectivity index (χ1n) is 9.45. The number of hydrogen-bond donors (Lipinski definition) is 0. The zero-order valence-electron chi connectivity index (χ0n) is 16.8. The van der Waals surface area contributed by atoms with E-state index >= 15 is 0 Å². The number of carbonyl (C=O) groups is 2. The Labute approximate surface area is 187 Å². The van der Waals surface area contributed by atoms with E-state index in [-0.39, 0.29) is 29.7 Å².